The number of thioether (sulfide) groups is 1. The van der Waals surface area contributed by atoms with Crippen LogP contribution < -0.4 is 5.32 Å². The van der Waals surface area contributed by atoms with Crippen molar-refractivity contribution in [2.75, 3.05) is 5.75 Å². The first-order valence-corrected chi connectivity index (χ1v) is 9.73. The van der Waals surface area contributed by atoms with Crippen molar-refractivity contribution in [1.82, 2.24) is 5.32 Å². The second-order valence-corrected chi connectivity index (χ2v) is 7.44. The van der Waals surface area contributed by atoms with Crippen molar-refractivity contribution < 1.29 is 4.79 Å². The lowest BCUT2D eigenvalue weighted by atomic mass is 10.0. The van der Waals surface area contributed by atoms with Gasteiger partial charge in [-0.3, -0.25) is 4.79 Å². The van der Waals surface area contributed by atoms with Crippen LogP contribution in [0.15, 0.2) is 71.2 Å². The van der Waals surface area contributed by atoms with Gasteiger partial charge in [0.15, 0.2) is 0 Å². The predicted molar refractivity (Wildman–Crippen MR) is 106 cm³/mol. The molecule has 0 unspecified atom stereocenters. The van der Waals surface area contributed by atoms with E-state index < -0.39 is 0 Å². The maximum Gasteiger partial charge on any atom is 0.230 e. The molecule has 0 heterocycles. The van der Waals surface area contributed by atoms with Crippen LogP contribution >= 0.6 is 27.7 Å². The second kappa shape index (κ2) is 8.36. The number of hydrogen-bond acceptors (Lipinski definition) is 2. The van der Waals surface area contributed by atoms with Gasteiger partial charge in [0.1, 0.15) is 0 Å². The van der Waals surface area contributed by atoms with E-state index in [4.69, 9.17) is 0 Å². The van der Waals surface area contributed by atoms with Crippen molar-refractivity contribution in [1.29, 1.82) is 0 Å². The number of amides is 1. The van der Waals surface area contributed by atoms with Crippen LogP contribution in [0.3, 0.4) is 0 Å². The second-order valence-electron chi connectivity index (χ2n) is 5.53. The summed E-state index contributed by atoms with van der Waals surface area (Å²) in [4.78, 5) is 12.1. The molecule has 0 saturated carbocycles. The summed E-state index contributed by atoms with van der Waals surface area (Å²) in [6, 6.07) is 22.6. The van der Waals surface area contributed by atoms with Crippen molar-refractivity contribution in [3.05, 3.63) is 82.3 Å². The van der Waals surface area contributed by atoms with Gasteiger partial charge in [0, 0.05) is 16.8 Å². The molecule has 0 spiro atoms. The average molecular weight is 400 g/mol. The lowest BCUT2D eigenvalue weighted by molar-refractivity contribution is -0.118. The molecule has 0 aliphatic carbocycles. The summed E-state index contributed by atoms with van der Waals surface area (Å²) in [7, 11) is 0. The van der Waals surface area contributed by atoms with Gasteiger partial charge < -0.3 is 5.32 Å². The van der Waals surface area contributed by atoms with Crippen molar-refractivity contribution in [3.63, 3.8) is 0 Å². The highest BCUT2D eigenvalue weighted by molar-refractivity contribution is 9.10. The summed E-state index contributed by atoms with van der Waals surface area (Å²) in [5.41, 5.74) is 2.38. The molecule has 0 bridgehead atoms. The summed E-state index contributed by atoms with van der Waals surface area (Å²) in [6.07, 6.45) is 0. The Morgan fingerprint density at radius 2 is 1.71 bits per heavy atom. The minimum Gasteiger partial charge on any atom is -0.351 e. The fourth-order valence-electron chi connectivity index (χ4n) is 2.53. The monoisotopic (exact) mass is 399 g/mol. The Morgan fingerprint density at radius 3 is 2.54 bits per heavy atom. The summed E-state index contributed by atoms with van der Waals surface area (Å²) >= 11 is 5.06. The van der Waals surface area contributed by atoms with E-state index in [2.05, 4.69) is 57.6 Å². The van der Waals surface area contributed by atoms with Crippen LogP contribution in [0, 0.1) is 0 Å². The molecule has 0 aromatic heterocycles. The zero-order valence-corrected chi connectivity index (χ0v) is 15.6. The summed E-state index contributed by atoms with van der Waals surface area (Å²) in [5.74, 6) is 1.39. The van der Waals surface area contributed by atoms with E-state index in [1.165, 1.54) is 16.3 Å². The van der Waals surface area contributed by atoms with E-state index in [9.17, 15) is 4.79 Å². The molecule has 0 saturated heterocycles. The van der Waals surface area contributed by atoms with Gasteiger partial charge in [-0.2, -0.15) is 0 Å². The Bertz CT molecular complexity index is 827. The van der Waals surface area contributed by atoms with Crippen LogP contribution in [-0.2, 0) is 17.1 Å². The zero-order valence-electron chi connectivity index (χ0n) is 13.2. The summed E-state index contributed by atoms with van der Waals surface area (Å²) < 4.78 is 1.07. The van der Waals surface area contributed by atoms with E-state index in [0.29, 0.717) is 12.3 Å². The Balaban J connectivity index is 1.49. The van der Waals surface area contributed by atoms with Gasteiger partial charge in [0.05, 0.1) is 5.75 Å². The number of rotatable bonds is 6. The highest BCUT2D eigenvalue weighted by Gasteiger charge is 2.04. The van der Waals surface area contributed by atoms with Gasteiger partial charge in [-0.1, -0.05) is 70.5 Å². The van der Waals surface area contributed by atoms with E-state index in [1.807, 2.05) is 30.3 Å². The molecule has 2 nitrogen and oxygen atoms in total. The van der Waals surface area contributed by atoms with Gasteiger partial charge in [0.25, 0.3) is 0 Å². The average Bonchev–Trinajstić information content (AvgIpc) is 2.61. The van der Waals surface area contributed by atoms with Crippen molar-refractivity contribution in [2.45, 2.75) is 12.3 Å². The third-order valence-electron chi connectivity index (χ3n) is 3.77. The molecule has 0 fully saturated rings. The Labute approximate surface area is 154 Å². The van der Waals surface area contributed by atoms with E-state index in [1.54, 1.807) is 11.8 Å². The standard InChI is InChI=1S/C20H18BrNOS/c21-18-10-8-15(9-11-18)13-24-14-20(23)22-12-17-6-3-5-16-4-1-2-7-19(16)17/h1-11H,12-14H2,(H,22,23). The number of halogens is 1. The van der Waals surface area contributed by atoms with Crippen molar-refractivity contribution >= 4 is 44.4 Å². The number of carbonyl (C=O) groups excluding carboxylic acids is 1. The summed E-state index contributed by atoms with van der Waals surface area (Å²) in [5, 5.41) is 5.42. The van der Waals surface area contributed by atoms with Gasteiger partial charge in [-0.05, 0) is 34.0 Å². The van der Waals surface area contributed by atoms with Crippen LogP contribution in [0.5, 0.6) is 0 Å². The smallest absolute Gasteiger partial charge is 0.230 e. The fraction of sp³-hybridized carbons (Fsp3) is 0.150. The normalized spacial score (nSPS) is 10.7. The van der Waals surface area contributed by atoms with Crippen LogP contribution in [-0.4, -0.2) is 11.7 Å². The maximum absolute atomic E-state index is 12.1. The molecule has 0 radical (unpaired) electrons. The largest absolute Gasteiger partial charge is 0.351 e. The molecular formula is C20H18BrNOS. The maximum atomic E-state index is 12.1. The third-order valence-corrected chi connectivity index (χ3v) is 5.30. The lowest BCUT2D eigenvalue weighted by Crippen LogP contribution is -2.24. The predicted octanol–water partition coefficient (Wildman–Crippen LogP) is 5.15. The topological polar surface area (TPSA) is 29.1 Å². The first-order valence-electron chi connectivity index (χ1n) is 7.78. The minimum absolute atomic E-state index is 0.0741. The first kappa shape index (κ1) is 17.1. The molecule has 4 heteroatoms. The fourth-order valence-corrected chi connectivity index (χ4v) is 3.62. The SMILES string of the molecule is O=C(CSCc1ccc(Br)cc1)NCc1cccc2ccccc12. The number of benzene rings is 3. The summed E-state index contributed by atoms with van der Waals surface area (Å²) in [6.45, 7) is 0.568. The molecule has 1 N–H and O–H groups in total. The molecule has 0 aliphatic heterocycles. The van der Waals surface area contributed by atoms with Crippen molar-refractivity contribution in [2.24, 2.45) is 0 Å². The Hall–Kier alpha value is -1.78. The van der Waals surface area contributed by atoms with Gasteiger partial charge >= 0.3 is 0 Å². The van der Waals surface area contributed by atoms with E-state index in [-0.39, 0.29) is 5.91 Å². The van der Waals surface area contributed by atoms with Crippen LogP contribution in [0.2, 0.25) is 0 Å². The molecule has 3 rings (SSSR count). The van der Waals surface area contributed by atoms with Crippen LogP contribution in [0.1, 0.15) is 11.1 Å². The van der Waals surface area contributed by atoms with E-state index >= 15 is 0 Å². The Morgan fingerprint density at radius 1 is 0.958 bits per heavy atom. The number of hydrogen-bond donors (Lipinski definition) is 1. The van der Waals surface area contributed by atoms with E-state index in [0.717, 1.165) is 15.8 Å². The third kappa shape index (κ3) is 4.62. The number of nitrogens with one attached hydrogen (secondary N) is 1. The molecule has 3 aromatic carbocycles. The van der Waals surface area contributed by atoms with Gasteiger partial charge in [0.2, 0.25) is 5.91 Å². The molecule has 122 valence electrons. The Kier molecular flexibility index (Phi) is 5.94. The number of carbonyl (C=O) groups is 1. The lowest BCUT2D eigenvalue weighted by Gasteiger charge is -2.08. The molecular weight excluding hydrogens is 382 g/mol. The van der Waals surface area contributed by atoms with Gasteiger partial charge in [-0.25, -0.2) is 0 Å². The van der Waals surface area contributed by atoms with Crippen LogP contribution in [0.4, 0.5) is 0 Å². The van der Waals surface area contributed by atoms with Crippen molar-refractivity contribution in [3.8, 4) is 0 Å². The van der Waals surface area contributed by atoms with Crippen LogP contribution in [0.25, 0.3) is 10.8 Å². The molecule has 24 heavy (non-hydrogen) atoms. The van der Waals surface area contributed by atoms with Gasteiger partial charge in [-0.15, -0.1) is 11.8 Å². The molecule has 0 atom stereocenters. The minimum atomic E-state index is 0.0741. The quantitative estimate of drug-likeness (QED) is 0.620. The molecule has 3 aromatic rings. The highest BCUT2D eigenvalue weighted by atomic mass is 79.9. The molecule has 1 amide bonds. The highest BCUT2D eigenvalue weighted by Crippen LogP contribution is 2.19. The number of fused-ring (bicyclic) bond motifs is 1. The molecule has 0 aliphatic rings. The zero-order chi connectivity index (χ0) is 16.8. The first-order chi connectivity index (χ1) is 11.7.